The van der Waals surface area contributed by atoms with E-state index < -0.39 is 5.60 Å². The van der Waals surface area contributed by atoms with Gasteiger partial charge >= 0.3 is 0 Å². The van der Waals surface area contributed by atoms with E-state index >= 15 is 0 Å². The third-order valence-electron chi connectivity index (χ3n) is 3.43. The fraction of sp³-hybridized carbons (Fsp3) is 0.400. The van der Waals surface area contributed by atoms with Gasteiger partial charge in [0, 0.05) is 23.3 Å². The zero-order valence-electron chi connectivity index (χ0n) is 12.0. The molecule has 2 heterocycles. The molecule has 3 rings (SSSR count). The van der Waals surface area contributed by atoms with Crippen molar-refractivity contribution >= 4 is 17.3 Å². The molecule has 0 bridgehead atoms. The number of halogens is 2. The van der Waals surface area contributed by atoms with Crippen molar-refractivity contribution in [2.45, 2.75) is 39.1 Å². The Kier molecular flexibility index (Phi) is 3.42. The summed E-state index contributed by atoms with van der Waals surface area (Å²) >= 11 is 5.78. The van der Waals surface area contributed by atoms with E-state index in [0.29, 0.717) is 30.3 Å². The van der Waals surface area contributed by atoms with Gasteiger partial charge in [0.15, 0.2) is 0 Å². The Bertz CT molecular complexity index is 655. The number of fused-ring (bicyclic) bond motifs is 1. The van der Waals surface area contributed by atoms with Crippen LogP contribution in [0, 0.1) is 5.82 Å². The molecule has 21 heavy (non-hydrogen) atoms. The van der Waals surface area contributed by atoms with E-state index in [1.54, 1.807) is 30.7 Å². The largest absolute Gasteiger partial charge is 0.389 e. The van der Waals surface area contributed by atoms with E-state index in [1.165, 1.54) is 6.07 Å². The van der Waals surface area contributed by atoms with Crippen LogP contribution in [0.4, 0.5) is 10.1 Å². The lowest BCUT2D eigenvalue weighted by Crippen LogP contribution is -2.27. The van der Waals surface area contributed by atoms with Crippen LogP contribution in [0.1, 0.15) is 25.1 Å². The predicted molar refractivity (Wildman–Crippen MR) is 79.8 cm³/mol. The van der Waals surface area contributed by atoms with E-state index in [1.807, 2.05) is 11.1 Å². The van der Waals surface area contributed by atoms with E-state index in [0.717, 1.165) is 11.3 Å². The molecule has 0 saturated carbocycles. The van der Waals surface area contributed by atoms with E-state index in [2.05, 4.69) is 5.10 Å². The summed E-state index contributed by atoms with van der Waals surface area (Å²) < 4.78 is 15.7. The van der Waals surface area contributed by atoms with Crippen molar-refractivity contribution in [1.29, 1.82) is 0 Å². The molecular formula is C15H17ClFN3O. The number of rotatable bonds is 3. The van der Waals surface area contributed by atoms with Crippen molar-refractivity contribution in [2.24, 2.45) is 0 Å². The van der Waals surface area contributed by atoms with E-state index in [4.69, 9.17) is 11.6 Å². The van der Waals surface area contributed by atoms with Gasteiger partial charge in [0.05, 0.1) is 30.1 Å². The highest BCUT2D eigenvalue weighted by Crippen LogP contribution is 2.30. The number of hydrogen-bond donors (Lipinski definition) is 1. The van der Waals surface area contributed by atoms with Crippen LogP contribution >= 0.6 is 11.6 Å². The van der Waals surface area contributed by atoms with Crippen molar-refractivity contribution in [3.8, 4) is 0 Å². The van der Waals surface area contributed by atoms with Crippen LogP contribution in [-0.4, -0.2) is 20.5 Å². The minimum Gasteiger partial charge on any atom is -0.389 e. The molecule has 2 aromatic rings. The Morgan fingerprint density at radius 1 is 1.38 bits per heavy atom. The van der Waals surface area contributed by atoms with Crippen molar-refractivity contribution < 1.29 is 9.50 Å². The molecule has 1 aromatic heterocycles. The smallest absolute Gasteiger partial charge is 0.147 e. The first-order valence-electron chi connectivity index (χ1n) is 6.79. The maximum Gasteiger partial charge on any atom is 0.147 e. The quantitative estimate of drug-likeness (QED) is 0.947. The molecule has 0 amide bonds. The summed E-state index contributed by atoms with van der Waals surface area (Å²) in [7, 11) is 0. The Hall–Kier alpha value is -1.59. The lowest BCUT2D eigenvalue weighted by atomic mass is 10.1. The molecule has 0 fully saturated rings. The van der Waals surface area contributed by atoms with Gasteiger partial charge in [-0.3, -0.25) is 4.68 Å². The highest BCUT2D eigenvalue weighted by molar-refractivity contribution is 6.30. The molecular weight excluding hydrogens is 293 g/mol. The van der Waals surface area contributed by atoms with Gasteiger partial charge in [-0.15, -0.1) is 0 Å². The minimum absolute atomic E-state index is 0.322. The van der Waals surface area contributed by atoms with Crippen molar-refractivity contribution in [3.63, 3.8) is 0 Å². The third kappa shape index (κ3) is 3.04. The Balaban J connectivity index is 1.78. The zero-order valence-corrected chi connectivity index (χ0v) is 12.7. The van der Waals surface area contributed by atoms with Crippen LogP contribution in [0.15, 0.2) is 24.4 Å². The molecule has 0 aliphatic carbocycles. The van der Waals surface area contributed by atoms with Crippen LogP contribution < -0.4 is 4.90 Å². The van der Waals surface area contributed by atoms with Gasteiger partial charge < -0.3 is 10.0 Å². The predicted octanol–water partition coefficient (Wildman–Crippen LogP) is 2.97. The molecule has 4 nitrogen and oxygen atoms in total. The molecule has 0 radical (unpaired) electrons. The number of anilines is 1. The summed E-state index contributed by atoms with van der Waals surface area (Å²) in [6.45, 7) is 5.10. The fourth-order valence-corrected chi connectivity index (χ4v) is 2.75. The van der Waals surface area contributed by atoms with Gasteiger partial charge in [0.1, 0.15) is 5.82 Å². The second-order valence-electron chi connectivity index (χ2n) is 6.06. The SMILES string of the molecule is CC(C)(O)Cn1cc2c(n1)CN(c1ccc(Cl)cc1F)C2. The average Bonchev–Trinajstić information content (AvgIpc) is 2.84. The Morgan fingerprint density at radius 2 is 2.14 bits per heavy atom. The molecule has 1 aliphatic heterocycles. The monoisotopic (exact) mass is 309 g/mol. The number of aromatic nitrogens is 2. The lowest BCUT2D eigenvalue weighted by molar-refractivity contribution is 0.0576. The van der Waals surface area contributed by atoms with Crippen LogP contribution in [0.25, 0.3) is 0 Å². The number of benzene rings is 1. The first kappa shape index (κ1) is 14.4. The van der Waals surface area contributed by atoms with Gasteiger partial charge in [-0.05, 0) is 32.0 Å². The first-order valence-corrected chi connectivity index (χ1v) is 7.17. The summed E-state index contributed by atoms with van der Waals surface area (Å²) in [5.41, 5.74) is 1.72. The molecule has 0 unspecified atom stereocenters. The molecule has 0 spiro atoms. The van der Waals surface area contributed by atoms with Crippen molar-refractivity contribution in [1.82, 2.24) is 9.78 Å². The summed E-state index contributed by atoms with van der Waals surface area (Å²) in [5, 5.41) is 14.7. The normalized spacial score (nSPS) is 14.6. The van der Waals surface area contributed by atoms with Crippen LogP contribution in [0.5, 0.6) is 0 Å². The second kappa shape index (κ2) is 5.00. The molecule has 6 heteroatoms. The number of hydrogen-bond acceptors (Lipinski definition) is 3. The van der Waals surface area contributed by atoms with Crippen LogP contribution in [0.2, 0.25) is 5.02 Å². The molecule has 1 N–H and O–H groups in total. The van der Waals surface area contributed by atoms with Gasteiger partial charge in [0.2, 0.25) is 0 Å². The van der Waals surface area contributed by atoms with Gasteiger partial charge in [-0.25, -0.2) is 4.39 Å². The standard InChI is InChI=1S/C15H17ClFN3O/c1-15(2,21)9-20-7-10-6-19(8-13(10)18-20)14-4-3-11(16)5-12(14)17/h3-5,7,21H,6,8-9H2,1-2H3. The third-order valence-corrected chi connectivity index (χ3v) is 3.66. The zero-order chi connectivity index (χ0) is 15.2. The number of aliphatic hydroxyl groups is 1. The second-order valence-corrected chi connectivity index (χ2v) is 6.50. The van der Waals surface area contributed by atoms with E-state index in [-0.39, 0.29) is 5.82 Å². The molecule has 0 saturated heterocycles. The summed E-state index contributed by atoms with van der Waals surface area (Å²) in [4.78, 5) is 1.93. The van der Waals surface area contributed by atoms with Crippen LogP contribution in [-0.2, 0) is 19.6 Å². The lowest BCUT2D eigenvalue weighted by Gasteiger charge is -2.20. The highest BCUT2D eigenvalue weighted by Gasteiger charge is 2.26. The van der Waals surface area contributed by atoms with Crippen molar-refractivity contribution in [2.75, 3.05) is 4.90 Å². The maximum absolute atomic E-state index is 13.9. The van der Waals surface area contributed by atoms with Crippen LogP contribution in [0.3, 0.4) is 0 Å². The minimum atomic E-state index is -0.804. The maximum atomic E-state index is 13.9. The topological polar surface area (TPSA) is 41.3 Å². The number of nitrogens with zero attached hydrogens (tertiary/aromatic N) is 3. The molecule has 1 aliphatic rings. The van der Waals surface area contributed by atoms with Gasteiger partial charge in [-0.1, -0.05) is 11.6 Å². The molecule has 0 atom stereocenters. The average molecular weight is 310 g/mol. The molecule has 112 valence electrons. The van der Waals surface area contributed by atoms with Gasteiger partial charge in [-0.2, -0.15) is 5.10 Å². The molecule has 1 aromatic carbocycles. The highest BCUT2D eigenvalue weighted by atomic mass is 35.5. The fourth-order valence-electron chi connectivity index (χ4n) is 2.60. The summed E-state index contributed by atoms with van der Waals surface area (Å²) in [5.74, 6) is -0.322. The van der Waals surface area contributed by atoms with Gasteiger partial charge in [0.25, 0.3) is 0 Å². The summed E-state index contributed by atoms with van der Waals surface area (Å²) in [6.07, 6.45) is 1.92. The van der Waals surface area contributed by atoms with Crippen molar-refractivity contribution in [3.05, 3.63) is 46.5 Å². The first-order chi connectivity index (χ1) is 9.82. The Morgan fingerprint density at radius 3 is 2.76 bits per heavy atom. The van der Waals surface area contributed by atoms with E-state index in [9.17, 15) is 9.50 Å². The Labute approximate surface area is 127 Å². The summed E-state index contributed by atoms with van der Waals surface area (Å²) in [6, 6.07) is 4.70.